The van der Waals surface area contributed by atoms with Crippen molar-refractivity contribution in [1.29, 1.82) is 0 Å². The first-order valence-corrected chi connectivity index (χ1v) is 24.1. The molecule has 12 aromatic carbocycles. The van der Waals surface area contributed by atoms with Crippen LogP contribution in [0.4, 0.5) is 17.1 Å². The fourth-order valence-corrected chi connectivity index (χ4v) is 10.8. The van der Waals surface area contributed by atoms with Crippen LogP contribution in [-0.2, 0) is 0 Å². The van der Waals surface area contributed by atoms with Gasteiger partial charge < -0.3 is 9.47 Å². The smallest absolute Gasteiger partial charge is 0.0546 e. The molecule has 2 nitrogen and oxygen atoms in total. The van der Waals surface area contributed by atoms with Crippen LogP contribution in [0.3, 0.4) is 0 Å². The molecule has 0 unspecified atom stereocenters. The molecule has 0 spiro atoms. The van der Waals surface area contributed by atoms with Gasteiger partial charge in [0.15, 0.2) is 0 Å². The molecule has 0 aliphatic rings. The molecule has 70 heavy (non-hydrogen) atoms. The quantitative estimate of drug-likeness (QED) is 0.140. The lowest BCUT2D eigenvalue weighted by Crippen LogP contribution is -2.11. The third kappa shape index (κ3) is 7.13. The predicted octanol–water partition coefficient (Wildman–Crippen LogP) is 18.9. The Labute approximate surface area is 408 Å². The van der Waals surface area contributed by atoms with Crippen LogP contribution in [-0.4, -0.2) is 4.57 Å². The number of rotatable bonds is 9. The Bertz CT molecular complexity index is 3990. The highest BCUT2D eigenvalue weighted by Crippen LogP contribution is 2.47. The molecule has 0 bridgehead atoms. The summed E-state index contributed by atoms with van der Waals surface area (Å²) in [6.07, 6.45) is 0. The first-order valence-electron chi connectivity index (χ1n) is 24.1. The normalized spacial score (nSPS) is 11.4. The fraction of sp³-hybridized carbons (Fsp3) is 0. The van der Waals surface area contributed by atoms with E-state index >= 15 is 0 Å². The molecule has 13 rings (SSSR count). The van der Waals surface area contributed by atoms with E-state index in [0.717, 1.165) is 45.0 Å². The number of hydrogen-bond donors (Lipinski definition) is 0. The molecule has 328 valence electrons. The van der Waals surface area contributed by atoms with Crippen LogP contribution >= 0.6 is 0 Å². The maximum Gasteiger partial charge on any atom is 0.0546 e. The van der Waals surface area contributed by atoms with Gasteiger partial charge in [-0.1, -0.05) is 224 Å². The molecule has 0 saturated heterocycles. The van der Waals surface area contributed by atoms with Crippen LogP contribution in [0, 0.1) is 0 Å². The van der Waals surface area contributed by atoms with Crippen molar-refractivity contribution < 1.29 is 0 Å². The van der Waals surface area contributed by atoms with E-state index in [-0.39, 0.29) is 0 Å². The standard InChI is InChI=1S/C68H46N2/c1-3-19-49(20-4-1)60-35-18-38-67(70-64-36-13-11-31-61(64)62-32-12-14-37-65(62)70)68(60)51-39-42-54(43-40-51)69(55-28-15-27-52(45-55)58-33-16-25-47-23-7-9-29-56(47)58)66-44-41-53(46-63(66)50-21-5-2-6-22-50)59-34-17-26-48-24-8-10-30-57(48)59/h1-46H. The van der Waals surface area contributed by atoms with Gasteiger partial charge in [-0.2, -0.15) is 0 Å². The van der Waals surface area contributed by atoms with Crippen LogP contribution in [0.25, 0.3) is 105 Å². The van der Waals surface area contributed by atoms with Gasteiger partial charge in [-0.25, -0.2) is 0 Å². The van der Waals surface area contributed by atoms with Crippen molar-refractivity contribution in [2.24, 2.45) is 0 Å². The molecule has 0 aliphatic heterocycles. The second kappa shape index (κ2) is 17.4. The molecule has 1 aromatic heterocycles. The highest BCUT2D eigenvalue weighted by atomic mass is 15.1. The van der Waals surface area contributed by atoms with Gasteiger partial charge in [0.1, 0.15) is 0 Å². The third-order valence-electron chi connectivity index (χ3n) is 14.0. The lowest BCUT2D eigenvalue weighted by molar-refractivity contribution is 1.18. The van der Waals surface area contributed by atoms with E-state index in [4.69, 9.17) is 0 Å². The third-order valence-corrected chi connectivity index (χ3v) is 14.0. The minimum absolute atomic E-state index is 1.06. The number of hydrogen-bond acceptors (Lipinski definition) is 1. The SMILES string of the molecule is c1ccc(-c2cc(-c3cccc4ccccc34)ccc2N(c2ccc(-c3c(-c4ccccc4)cccc3-n3c4ccccc4c4ccccc43)cc2)c2cccc(-c3cccc4ccccc34)c2)cc1. The molecule has 0 fully saturated rings. The topological polar surface area (TPSA) is 8.17 Å². The number of para-hydroxylation sites is 2. The predicted molar refractivity (Wildman–Crippen MR) is 298 cm³/mol. The Morgan fingerprint density at radius 2 is 0.714 bits per heavy atom. The summed E-state index contributed by atoms with van der Waals surface area (Å²) < 4.78 is 2.45. The van der Waals surface area contributed by atoms with E-state index in [1.807, 2.05) is 0 Å². The van der Waals surface area contributed by atoms with Gasteiger partial charge in [-0.05, 0) is 121 Å². The molecule has 0 saturated carbocycles. The van der Waals surface area contributed by atoms with Gasteiger partial charge in [0.05, 0.1) is 22.4 Å². The number of benzene rings is 12. The van der Waals surface area contributed by atoms with Gasteiger partial charge in [-0.15, -0.1) is 0 Å². The fourth-order valence-electron chi connectivity index (χ4n) is 10.8. The molecular formula is C68H46N2. The molecule has 1 heterocycles. The second-order valence-electron chi connectivity index (χ2n) is 18.0. The van der Waals surface area contributed by atoms with Gasteiger partial charge >= 0.3 is 0 Å². The minimum atomic E-state index is 1.06. The largest absolute Gasteiger partial charge is 0.310 e. The zero-order chi connectivity index (χ0) is 46.4. The summed E-state index contributed by atoms with van der Waals surface area (Å²) in [5.41, 5.74) is 18.5. The van der Waals surface area contributed by atoms with Crippen LogP contribution in [0.1, 0.15) is 0 Å². The van der Waals surface area contributed by atoms with Crippen molar-refractivity contribution in [2.75, 3.05) is 4.90 Å². The summed E-state index contributed by atoms with van der Waals surface area (Å²) in [5.74, 6) is 0. The second-order valence-corrected chi connectivity index (χ2v) is 18.0. The molecule has 0 radical (unpaired) electrons. The van der Waals surface area contributed by atoms with Crippen molar-refractivity contribution in [2.45, 2.75) is 0 Å². The van der Waals surface area contributed by atoms with Crippen molar-refractivity contribution in [3.05, 3.63) is 279 Å². The minimum Gasteiger partial charge on any atom is -0.310 e. The number of fused-ring (bicyclic) bond motifs is 5. The number of aromatic nitrogens is 1. The van der Waals surface area contributed by atoms with Crippen LogP contribution in [0.2, 0.25) is 0 Å². The van der Waals surface area contributed by atoms with Crippen LogP contribution in [0.15, 0.2) is 279 Å². The van der Waals surface area contributed by atoms with Crippen LogP contribution in [0.5, 0.6) is 0 Å². The summed E-state index contributed by atoms with van der Waals surface area (Å²) in [7, 11) is 0. The molecule has 0 N–H and O–H groups in total. The summed E-state index contributed by atoms with van der Waals surface area (Å²) in [5, 5.41) is 7.41. The van der Waals surface area contributed by atoms with Gasteiger partial charge in [-0.3, -0.25) is 0 Å². The molecular weight excluding hydrogens is 845 g/mol. The average Bonchev–Trinajstić information content (AvgIpc) is 3.77. The zero-order valence-electron chi connectivity index (χ0n) is 38.5. The van der Waals surface area contributed by atoms with E-state index < -0.39 is 0 Å². The van der Waals surface area contributed by atoms with Crippen molar-refractivity contribution >= 4 is 60.4 Å². The summed E-state index contributed by atoms with van der Waals surface area (Å²) in [6, 6.07) is 102. The van der Waals surface area contributed by atoms with E-state index in [1.54, 1.807) is 0 Å². The Kier molecular flexibility index (Phi) is 10.2. The first kappa shape index (κ1) is 41.0. The zero-order valence-corrected chi connectivity index (χ0v) is 38.5. The van der Waals surface area contributed by atoms with Crippen LogP contribution < -0.4 is 4.90 Å². The van der Waals surface area contributed by atoms with Gasteiger partial charge in [0.25, 0.3) is 0 Å². The molecule has 2 heteroatoms. The summed E-state index contributed by atoms with van der Waals surface area (Å²) >= 11 is 0. The molecule has 13 aromatic rings. The van der Waals surface area contributed by atoms with E-state index in [1.165, 1.54) is 76.7 Å². The van der Waals surface area contributed by atoms with E-state index in [9.17, 15) is 0 Å². The van der Waals surface area contributed by atoms with Crippen molar-refractivity contribution in [3.8, 4) is 61.3 Å². The lowest BCUT2D eigenvalue weighted by Gasteiger charge is -2.29. The Morgan fingerprint density at radius 1 is 0.257 bits per heavy atom. The number of anilines is 3. The monoisotopic (exact) mass is 890 g/mol. The van der Waals surface area contributed by atoms with Gasteiger partial charge in [0.2, 0.25) is 0 Å². The van der Waals surface area contributed by atoms with Crippen molar-refractivity contribution in [3.63, 3.8) is 0 Å². The number of nitrogens with zero attached hydrogens (tertiary/aromatic N) is 2. The molecule has 0 amide bonds. The van der Waals surface area contributed by atoms with E-state index in [2.05, 4.69) is 289 Å². The van der Waals surface area contributed by atoms with Gasteiger partial charge in [0, 0.05) is 33.3 Å². The molecule has 0 aliphatic carbocycles. The highest BCUT2D eigenvalue weighted by molar-refractivity contribution is 6.10. The first-order chi connectivity index (χ1) is 34.7. The molecule has 0 atom stereocenters. The summed E-state index contributed by atoms with van der Waals surface area (Å²) in [6.45, 7) is 0. The maximum atomic E-state index is 2.45. The van der Waals surface area contributed by atoms with Crippen molar-refractivity contribution in [1.82, 2.24) is 4.57 Å². The maximum absolute atomic E-state index is 2.45. The Balaban J connectivity index is 1.03. The Morgan fingerprint density at radius 3 is 1.34 bits per heavy atom. The Hall–Kier alpha value is -9.24. The van der Waals surface area contributed by atoms with E-state index in [0.29, 0.717) is 0 Å². The average molecular weight is 891 g/mol. The highest BCUT2D eigenvalue weighted by Gasteiger charge is 2.22. The summed E-state index contributed by atoms with van der Waals surface area (Å²) in [4.78, 5) is 2.45. The lowest BCUT2D eigenvalue weighted by atomic mass is 9.92.